The smallest absolute Gasteiger partial charge is 0.322 e. The summed E-state index contributed by atoms with van der Waals surface area (Å²) in [6.45, 7) is 1.75. The van der Waals surface area contributed by atoms with Gasteiger partial charge < -0.3 is 5.32 Å². The predicted octanol–water partition coefficient (Wildman–Crippen LogP) is 2.86. The molecule has 1 aliphatic heterocycles. The molecule has 1 saturated heterocycles. The van der Waals surface area contributed by atoms with Gasteiger partial charge in [0.2, 0.25) is 9.84 Å². The maximum absolute atomic E-state index is 13.2. The first-order valence-corrected chi connectivity index (χ1v) is 9.80. The molecule has 3 aromatic rings. The lowest BCUT2D eigenvalue weighted by Gasteiger charge is -2.12. The van der Waals surface area contributed by atoms with Crippen molar-refractivity contribution < 1.29 is 18.0 Å². The number of urea groups is 1. The number of carbonyl (C=O) groups excluding carboxylic acids is 2. The van der Waals surface area contributed by atoms with Crippen molar-refractivity contribution in [3.8, 4) is 0 Å². The minimum Gasteiger partial charge on any atom is -0.322 e. The van der Waals surface area contributed by atoms with Gasteiger partial charge in [-0.2, -0.15) is 0 Å². The fraction of sp³-hybridized carbons (Fsp3) is 0.100. The summed E-state index contributed by atoms with van der Waals surface area (Å²) >= 11 is 0. The second-order valence-corrected chi connectivity index (χ2v) is 8.44. The first kappa shape index (κ1) is 17.2. The largest absolute Gasteiger partial charge is 0.322 e. The van der Waals surface area contributed by atoms with E-state index >= 15 is 0 Å². The number of hydrogen-bond acceptors (Lipinski definition) is 4. The Bertz CT molecular complexity index is 1200. The van der Waals surface area contributed by atoms with E-state index in [4.69, 9.17) is 0 Å². The number of amides is 3. The Kier molecular flexibility index (Phi) is 3.96. The number of nitrogens with one attached hydrogen (secondary N) is 2. The second kappa shape index (κ2) is 6.21. The number of fused-ring (bicyclic) bond motifs is 1. The highest BCUT2D eigenvalue weighted by Crippen LogP contribution is 2.28. The van der Waals surface area contributed by atoms with Crippen molar-refractivity contribution in [3.05, 3.63) is 71.8 Å². The van der Waals surface area contributed by atoms with Crippen LogP contribution in [-0.2, 0) is 14.6 Å². The number of imide groups is 1. The third kappa shape index (κ3) is 3.06. The van der Waals surface area contributed by atoms with E-state index in [2.05, 4.69) is 10.6 Å². The van der Waals surface area contributed by atoms with Crippen LogP contribution in [0.3, 0.4) is 0 Å². The molecule has 1 fully saturated rings. The number of benzene rings is 3. The third-order valence-corrected chi connectivity index (χ3v) is 6.25. The van der Waals surface area contributed by atoms with Crippen molar-refractivity contribution in [3.63, 3.8) is 0 Å². The predicted molar refractivity (Wildman–Crippen MR) is 100.0 cm³/mol. The van der Waals surface area contributed by atoms with E-state index in [1.54, 1.807) is 37.3 Å². The summed E-state index contributed by atoms with van der Waals surface area (Å²) in [6, 6.07) is 15.7. The van der Waals surface area contributed by atoms with Gasteiger partial charge in [0.05, 0.1) is 9.79 Å². The van der Waals surface area contributed by atoms with Crippen molar-refractivity contribution >= 4 is 32.5 Å². The molecule has 0 radical (unpaired) electrons. The fourth-order valence-corrected chi connectivity index (χ4v) is 4.65. The molecule has 136 valence electrons. The topological polar surface area (TPSA) is 92.3 Å². The summed E-state index contributed by atoms with van der Waals surface area (Å²) in [5.41, 5.74) is 1.11. The number of sulfone groups is 1. The highest BCUT2D eigenvalue weighted by atomic mass is 32.2. The lowest BCUT2D eigenvalue weighted by atomic mass is 10.0. The Morgan fingerprint density at radius 1 is 0.852 bits per heavy atom. The Balaban J connectivity index is 1.81. The maximum Gasteiger partial charge on any atom is 0.322 e. The van der Waals surface area contributed by atoms with Gasteiger partial charge in [0.1, 0.15) is 6.04 Å². The fourth-order valence-electron chi connectivity index (χ4n) is 3.22. The van der Waals surface area contributed by atoms with Crippen LogP contribution in [0.15, 0.2) is 70.5 Å². The number of aryl methyl sites for hydroxylation is 1. The molecule has 0 aliphatic carbocycles. The molecule has 1 aliphatic rings. The van der Waals surface area contributed by atoms with Gasteiger partial charge in [-0.3, -0.25) is 10.1 Å². The number of carbonyl (C=O) groups is 2. The number of hydrogen-bond donors (Lipinski definition) is 2. The lowest BCUT2D eigenvalue weighted by molar-refractivity contribution is -0.120. The van der Waals surface area contributed by atoms with Crippen molar-refractivity contribution in [2.75, 3.05) is 0 Å². The molecule has 4 rings (SSSR count). The molecule has 3 amide bonds. The monoisotopic (exact) mass is 380 g/mol. The summed E-state index contributed by atoms with van der Waals surface area (Å²) < 4.78 is 26.3. The zero-order valence-electron chi connectivity index (χ0n) is 14.4. The quantitative estimate of drug-likeness (QED) is 0.684. The molecule has 7 heteroatoms. The molecule has 0 aromatic heterocycles. The van der Waals surface area contributed by atoms with E-state index < -0.39 is 27.8 Å². The van der Waals surface area contributed by atoms with E-state index in [1.165, 1.54) is 6.07 Å². The zero-order chi connectivity index (χ0) is 19.2. The van der Waals surface area contributed by atoms with Gasteiger partial charge in [-0.1, -0.05) is 36.4 Å². The molecule has 1 unspecified atom stereocenters. The van der Waals surface area contributed by atoms with Crippen LogP contribution in [0.25, 0.3) is 10.8 Å². The molecule has 2 N–H and O–H groups in total. The summed E-state index contributed by atoms with van der Waals surface area (Å²) in [4.78, 5) is 23.6. The Labute approximate surface area is 156 Å². The minimum atomic E-state index is -3.78. The van der Waals surface area contributed by atoms with Crippen molar-refractivity contribution in [1.29, 1.82) is 0 Å². The normalized spacial score (nSPS) is 17.0. The maximum atomic E-state index is 13.2. The Hall–Kier alpha value is -3.19. The van der Waals surface area contributed by atoms with E-state index in [1.807, 2.05) is 24.3 Å². The Morgan fingerprint density at radius 3 is 2.30 bits per heavy atom. The molecule has 1 atom stereocenters. The second-order valence-electron chi connectivity index (χ2n) is 6.49. The van der Waals surface area contributed by atoms with Gasteiger partial charge in [0, 0.05) is 0 Å². The molecule has 0 saturated carbocycles. The van der Waals surface area contributed by atoms with Crippen molar-refractivity contribution in [2.45, 2.75) is 22.8 Å². The summed E-state index contributed by atoms with van der Waals surface area (Å²) in [6.07, 6.45) is 0. The summed E-state index contributed by atoms with van der Waals surface area (Å²) in [7, 11) is -3.78. The summed E-state index contributed by atoms with van der Waals surface area (Å²) in [5.74, 6) is -0.500. The standard InChI is InChI=1S/C20H16N2O4S/c1-12-8-15(18-19(23)22-20(24)21-18)11-17(9-12)27(25,26)16-7-6-13-4-2-3-5-14(13)10-16/h2-11,18H,1H3,(H2,21,22,23,24). The first-order valence-electron chi connectivity index (χ1n) is 8.31. The third-order valence-electron chi connectivity index (χ3n) is 4.52. The van der Waals surface area contributed by atoms with Crippen LogP contribution in [0.1, 0.15) is 17.2 Å². The van der Waals surface area contributed by atoms with Gasteiger partial charge in [-0.15, -0.1) is 0 Å². The van der Waals surface area contributed by atoms with Crippen LogP contribution < -0.4 is 10.6 Å². The van der Waals surface area contributed by atoms with Crippen LogP contribution in [0, 0.1) is 6.92 Å². The average Bonchev–Trinajstić information content (AvgIpc) is 2.99. The number of rotatable bonds is 3. The first-order chi connectivity index (χ1) is 12.8. The SMILES string of the molecule is Cc1cc(C2NC(=O)NC2=O)cc(S(=O)(=O)c2ccc3ccccc3c2)c1. The van der Waals surface area contributed by atoms with Crippen LogP contribution in [0.4, 0.5) is 4.79 Å². The Morgan fingerprint density at radius 2 is 1.59 bits per heavy atom. The van der Waals surface area contributed by atoms with Crippen LogP contribution in [-0.4, -0.2) is 20.4 Å². The molecule has 0 bridgehead atoms. The van der Waals surface area contributed by atoms with Crippen LogP contribution >= 0.6 is 0 Å². The summed E-state index contributed by atoms with van der Waals surface area (Å²) in [5, 5.41) is 6.43. The molecule has 3 aromatic carbocycles. The molecular weight excluding hydrogens is 364 g/mol. The zero-order valence-corrected chi connectivity index (χ0v) is 15.2. The van der Waals surface area contributed by atoms with E-state index in [0.717, 1.165) is 10.8 Å². The van der Waals surface area contributed by atoms with Crippen molar-refractivity contribution in [2.24, 2.45) is 0 Å². The molecule has 0 spiro atoms. The average molecular weight is 380 g/mol. The van der Waals surface area contributed by atoms with Crippen LogP contribution in [0.5, 0.6) is 0 Å². The van der Waals surface area contributed by atoms with Crippen molar-refractivity contribution in [1.82, 2.24) is 10.6 Å². The van der Waals surface area contributed by atoms with E-state index in [9.17, 15) is 18.0 Å². The molecule has 27 heavy (non-hydrogen) atoms. The molecule has 6 nitrogen and oxygen atoms in total. The van der Waals surface area contributed by atoms with E-state index in [-0.39, 0.29) is 9.79 Å². The molecular formula is C20H16N2O4S. The van der Waals surface area contributed by atoms with Crippen LogP contribution in [0.2, 0.25) is 0 Å². The van der Waals surface area contributed by atoms with Gasteiger partial charge in [0.15, 0.2) is 0 Å². The van der Waals surface area contributed by atoms with Gasteiger partial charge in [-0.05, 0) is 53.1 Å². The lowest BCUT2D eigenvalue weighted by Crippen LogP contribution is -2.22. The van der Waals surface area contributed by atoms with Gasteiger partial charge >= 0.3 is 6.03 Å². The van der Waals surface area contributed by atoms with E-state index in [0.29, 0.717) is 11.1 Å². The highest BCUT2D eigenvalue weighted by Gasteiger charge is 2.32. The molecule has 1 heterocycles. The minimum absolute atomic E-state index is 0.0849. The van der Waals surface area contributed by atoms with Gasteiger partial charge in [0.25, 0.3) is 5.91 Å². The highest BCUT2D eigenvalue weighted by molar-refractivity contribution is 7.91. The van der Waals surface area contributed by atoms with Gasteiger partial charge in [-0.25, -0.2) is 13.2 Å².